The molecule has 0 aliphatic carbocycles. The molecule has 1 aliphatic heterocycles. The molecule has 0 bridgehead atoms. The van der Waals surface area contributed by atoms with E-state index in [1.54, 1.807) is 49.4 Å². The summed E-state index contributed by atoms with van der Waals surface area (Å²) in [6, 6.07) is 15.3. The van der Waals surface area contributed by atoms with E-state index < -0.39 is 5.97 Å². The third-order valence-corrected chi connectivity index (χ3v) is 6.34. The maximum Gasteiger partial charge on any atom is 0.338 e. The van der Waals surface area contributed by atoms with Crippen LogP contribution in [0.2, 0.25) is 0 Å². The number of halogens is 1. The van der Waals surface area contributed by atoms with Crippen molar-refractivity contribution in [2.24, 2.45) is 0 Å². The Labute approximate surface area is 227 Å². The molecule has 38 heavy (non-hydrogen) atoms. The van der Waals surface area contributed by atoms with Crippen LogP contribution >= 0.6 is 15.9 Å². The maximum absolute atomic E-state index is 13.2. The first-order valence-electron chi connectivity index (χ1n) is 12.1. The van der Waals surface area contributed by atoms with Gasteiger partial charge in [0.05, 0.1) is 24.2 Å². The van der Waals surface area contributed by atoms with Crippen LogP contribution in [0, 0.1) is 6.92 Å². The predicted molar refractivity (Wildman–Crippen MR) is 143 cm³/mol. The van der Waals surface area contributed by atoms with Gasteiger partial charge in [-0.05, 0) is 61.9 Å². The van der Waals surface area contributed by atoms with Gasteiger partial charge in [0.25, 0.3) is 0 Å². The van der Waals surface area contributed by atoms with E-state index in [0.29, 0.717) is 47.0 Å². The van der Waals surface area contributed by atoms with Crippen LogP contribution in [0.4, 0.5) is 0 Å². The highest BCUT2D eigenvalue weighted by molar-refractivity contribution is 9.10. The van der Waals surface area contributed by atoms with E-state index in [0.717, 1.165) is 27.8 Å². The molecule has 196 valence electrons. The summed E-state index contributed by atoms with van der Waals surface area (Å²) < 4.78 is 34.9. The Kier molecular flexibility index (Phi) is 7.67. The van der Waals surface area contributed by atoms with E-state index in [1.165, 1.54) is 0 Å². The minimum absolute atomic E-state index is 0.0765. The molecule has 0 saturated heterocycles. The van der Waals surface area contributed by atoms with Crippen LogP contribution in [-0.2, 0) is 22.7 Å². The quantitative estimate of drug-likeness (QED) is 0.213. The van der Waals surface area contributed by atoms with Crippen molar-refractivity contribution in [2.45, 2.75) is 33.5 Å². The highest BCUT2D eigenvalue weighted by Gasteiger charge is 2.18. The van der Waals surface area contributed by atoms with Crippen molar-refractivity contribution in [1.82, 2.24) is 0 Å². The summed E-state index contributed by atoms with van der Waals surface area (Å²) in [5.41, 5.74) is 2.30. The fourth-order valence-corrected chi connectivity index (χ4v) is 4.61. The topological polar surface area (TPSA) is 93.4 Å². The second kappa shape index (κ2) is 11.3. The minimum Gasteiger partial charge on any atom is -0.489 e. The van der Waals surface area contributed by atoms with Crippen LogP contribution in [0.1, 0.15) is 40.6 Å². The molecule has 2 heterocycles. The normalized spacial score (nSPS) is 12.5. The number of ether oxygens (including phenoxy) is 5. The Bertz CT molecular complexity index is 1540. The summed E-state index contributed by atoms with van der Waals surface area (Å²) in [6.07, 6.45) is 0.745. The van der Waals surface area contributed by atoms with Crippen LogP contribution < -0.4 is 19.6 Å². The van der Waals surface area contributed by atoms with Gasteiger partial charge in [-0.25, -0.2) is 4.79 Å². The average molecular weight is 581 g/mol. The first-order valence-corrected chi connectivity index (χ1v) is 12.9. The van der Waals surface area contributed by atoms with Gasteiger partial charge in [-0.2, -0.15) is 0 Å². The third kappa shape index (κ3) is 5.54. The van der Waals surface area contributed by atoms with Gasteiger partial charge in [0, 0.05) is 21.7 Å². The van der Waals surface area contributed by atoms with Crippen molar-refractivity contribution >= 4 is 32.9 Å². The monoisotopic (exact) mass is 580 g/mol. The Morgan fingerprint density at radius 1 is 1.05 bits per heavy atom. The van der Waals surface area contributed by atoms with E-state index in [1.807, 2.05) is 19.1 Å². The van der Waals surface area contributed by atoms with Crippen molar-refractivity contribution in [3.63, 3.8) is 0 Å². The van der Waals surface area contributed by atoms with Gasteiger partial charge in [0.2, 0.25) is 11.2 Å². The molecule has 0 unspecified atom stereocenters. The van der Waals surface area contributed by atoms with Crippen molar-refractivity contribution in [3.8, 4) is 23.0 Å². The molecule has 0 N–H and O–H groups in total. The zero-order valence-corrected chi connectivity index (χ0v) is 22.5. The van der Waals surface area contributed by atoms with Crippen LogP contribution in [0.15, 0.2) is 68.3 Å². The lowest BCUT2D eigenvalue weighted by molar-refractivity contribution is -0.0176. The number of hydrogen-bond donors (Lipinski definition) is 0. The van der Waals surface area contributed by atoms with Crippen LogP contribution in [0.5, 0.6) is 23.0 Å². The highest BCUT2D eigenvalue weighted by atomic mass is 79.9. The standard InChI is InChI=1S/C29H25BrO8/c1-3-10-34-29(32)18-4-6-22(7-5-18)38-27-17(2)37-25-13-23(8-9-24(25)26(27)31)35-15-20-12-21(30)11-19-14-33-16-36-28(19)20/h4-9,11-13H,3,10,14-16H2,1-2H3. The molecule has 0 amide bonds. The number of aryl methyl sites for hydroxylation is 1. The number of carbonyl (C=O) groups excluding carboxylic acids is 1. The number of benzene rings is 3. The number of esters is 1. The number of carbonyl (C=O) groups is 1. The second-order valence-corrected chi connectivity index (χ2v) is 9.60. The van der Waals surface area contributed by atoms with Gasteiger partial charge in [0.15, 0.2) is 6.79 Å². The van der Waals surface area contributed by atoms with Crippen molar-refractivity contribution < 1.29 is 32.9 Å². The molecule has 3 aromatic carbocycles. The maximum atomic E-state index is 13.2. The lowest BCUT2D eigenvalue weighted by Crippen LogP contribution is -2.14. The Morgan fingerprint density at radius 3 is 2.63 bits per heavy atom. The molecule has 0 spiro atoms. The fourth-order valence-electron chi connectivity index (χ4n) is 4.06. The molecule has 1 aliphatic rings. The number of rotatable bonds is 8. The summed E-state index contributed by atoms with van der Waals surface area (Å²) in [5.74, 6) is 1.69. The summed E-state index contributed by atoms with van der Waals surface area (Å²) in [5, 5.41) is 0.359. The van der Waals surface area contributed by atoms with Crippen molar-refractivity contribution in [2.75, 3.05) is 13.4 Å². The van der Waals surface area contributed by atoms with Crippen molar-refractivity contribution in [1.29, 1.82) is 0 Å². The molecule has 0 fully saturated rings. The van der Waals surface area contributed by atoms with Gasteiger partial charge in [-0.3, -0.25) is 4.79 Å². The van der Waals surface area contributed by atoms with Gasteiger partial charge in [-0.1, -0.05) is 22.9 Å². The molecule has 4 aromatic rings. The summed E-state index contributed by atoms with van der Waals surface area (Å²) >= 11 is 3.52. The Hall–Kier alpha value is -3.82. The lowest BCUT2D eigenvalue weighted by atomic mass is 10.1. The molecular formula is C29H25BrO8. The van der Waals surface area contributed by atoms with Gasteiger partial charge < -0.3 is 28.1 Å². The SMILES string of the molecule is CCCOC(=O)c1ccc(Oc2c(C)oc3cc(OCc4cc(Br)cc5c4OCOC5)ccc3c2=O)cc1. The van der Waals surface area contributed by atoms with Gasteiger partial charge in [-0.15, -0.1) is 0 Å². The summed E-state index contributed by atoms with van der Waals surface area (Å²) in [4.78, 5) is 25.2. The number of hydrogen-bond acceptors (Lipinski definition) is 8. The smallest absolute Gasteiger partial charge is 0.338 e. The second-order valence-electron chi connectivity index (χ2n) is 8.69. The molecule has 1 aromatic heterocycles. The van der Waals surface area contributed by atoms with Crippen LogP contribution in [-0.4, -0.2) is 19.4 Å². The molecule has 0 atom stereocenters. The number of fused-ring (bicyclic) bond motifs is 2. The largest absolute Gasteiger partial charge is 0.489 e. The van der Waals surface area contributed by atoms with Crippen LogP contribution in [0.3, 0.4) is 0 Å². The van der Waals surface area contributed by atoms with E-state index in [-0.39, 0.29) is 24.6 Å². The predicted octanol–water partition coefficient (Wildman–Crippen LogP) is 6.67. The molecule has 5 rings (SSSR count). The Balaban J connectivity index is 1.34. The first-order chi connectivity index (χ1) is 18.4. The average Bonchev–Trinajstić information content (AvgIpc) is 2.92. The van der Waals surface area contributed by atoms with Crippen LogP contribution in [0.25, 0.3) is 11.0 Å². The lowest BCUT2D eigenvalue weighted by Gasteiger charge is -2.21. The van der Waals surface area contributed by atoms with Crippen molar-refractivity contribution in [3.05, 3.63) is 91.7 Å². The summed E-state index contributed by atoms with van der Waals surface area (Å²) in [6.45, 7) is 4.88. The molecule has 9 heteroatoms. The molecular weight excluding hydrogens is 556 g/mol. The van der Waals surface area contributed by atoms with E-state index in [2.05, 4.69) is 15.9 Å². The van der Waals surface area contributed by atoms with E-state index in [9.17, 15) is 9.59 Å². The van der Waals surface area contributed by atoms with Gasteiger partial charge in [0.1, 0.15) is 35.2 Å². The molecule has 0 saturated carbocycles. The highest BCUT2D eigenvalue weighted by Crippen LogP contribution is 2.33. The molecule has 0 radical (unpaired) electrons. The fraction of sp³-hybridized carbons (Fsp3) is 0.241. The van der Waals surface area contributed by atoms with Gasteiger partial charge >= 0.3 is 5.97 Å². The zero-order valence-electron chi connectivity index (χ0n) is 20.9. The molecule has 8 nitrogen and oxygen atoms in total. The summed E-state index contributed by atoms with van der Waals surface area (Å²) in [7, 11) is 0. The zero-order chi connectivity index (χ0) is 26.6. The Morgan fingerprint density at radius 2 is 1.84 bits per heavy atom. The van der Waals surface area contributed by atoms with E-state index in [4.69, 9.17) is 28.1 Å². The minimum atomic E-state index is -0.404. The van der Waals surface area contributed by atoms with E-state index >= 15 is 0 Å². The third-order valence-electron chi connectivity index (χ3n) is 5.88. The first kappa shape index (κ1) is 25.8.